The molecule has 0 bridgehead atoms. The Labute approximate surface area is 116 Å². The normalized spacial score (nSPS) is 11.3. The van der Waals surface area contributed by atoms with Crippen LogP contribution in [0.15, 0.2) is 29.2 Å². The number of carbonyl (C=O) groups is 2. The molecule has 0 amide bonds. The molecule has 0 heterocycles. The molecule has 0 aliphatic rings. The van der Waals surface area contributed by atoms with Crippen LogP contribution in [-0.4, -0.2) is 49.8 Å². The molecular formula is C12H15NO6S. The fraction of sp³-hybridized carbons (Fsp3) is 0.333. The number of rotatable bonds is 7. The number of nitrogens with zero attached hydrogens (tertiary/aromatic N) is 1. The van der Waals surface area contributed by atoms with Gasteiger partial charge in [0.15, 0.2) is 0 Å². The summed E-state index contributed by atoms with van der Waals surface area (Å²) in [7, 11) is -2.60. The summed E-state index contributed by atoms with van der Waals surface area (Å²) in [4.78, 5) is 21.7. The molecule has 0 spiro atoms. The van der Waals surface area contributed by atoms with Crippen LogP contribution < -0.4 is 4.74 Å². The summed E-state index contributed by atoms with van der Waals surface area (Å²) in [6, 6.07) is 5.48. The van der Waals surface area contributed by atoms with Crippen molar-refractivity contribution in [2.24, 2.45) is 0 Å². The first-order chi connectivity index (χ1) is 9.27. The largest absolute Gasteiger partial charge is 0.497 e. The zero-order valence-corrected chi connectivity index (χ0v) is 11.9. The Morgan fingerprint density at radius 2 is 1.75 bits per heavy atom. The lowest BCUT2D eigenvalue weighted by Crippen LogP contribution is -2.38. The van der Waals surface area contributed by atoms with Crippen molar-refractivity contribution in [3.63, 3.8) is 0 Å². The van der Waals surface area contributed by atoms with Gasteiger partial charge in [0.1, 0.15) is 18.1 Å². The van der Waals surface area contributed by atoms with Crippen LogP contribution in [0.2, 0.25) is 0 Å². The number of ether oxygens (including phenoxy) is 1. The Bertz CT molecular complexity index is 577. The molecule has 1 N–H and O–H groups in total. The summed E-state index contributed by atoms with van der Waals surface area (Å²) in [5, 5.41) is 8.75. The molecule has 0 radical (unpaired) electrons. The summed E-state index contributed by atoms with van der Waals surface area (Å²) in [5.74, 6) is -1.30. The molecule has 8 heteroatoms. The lowest BCUT2D eigenvalue weighted by molar-refractivity contribution is -0.137. The number of benzene rings is 1. The van der Waals surface area contributed by atoms with Gasteiger partial charge in [0, 0.05) is 0 Å². The van der Waals surface area contributed by atoms with Gasteiger partial charge in [-0.15, -0.1) is 0 Å². The minimum absolute atomic E-state index is 0.0965. The van der Waals surface area contributed by atoms with Crippen molar-refractivity contribution in [1.82, 2.24) is 4.31 Å². The topological polar surface area (TPSA) is 101 Å². The molecule has 0 fully saturated rings. The maximum Gasteiger partial charge on any atom is 0.318 e. The zero-order valence-electron chi connectivity index (χ0n) is 11.1. The maximum absolute atomic E-state index is 12.3. The third kappa shape index (κ3) is 4.04. The Hall–Kier alpha value is -1.93. The highest BCUT2D eigenvalue weighted by Crippen LogP contribution is 2.19. The van der Waals surface area contributed by atoms with E-state index in [2.05, 4.69) is 0 Å². The third-order valence-corrected chi connectivity index (χ3v) is 4.21. The van der Waals surface area contributed by atoms with E-state index in [0.717, 1.165) is 0 Å². The standard InChI is InChI=1S/C12H15NO6S/c1-9(14)7-13(8-12(15)16)20(17,18)11-5-3-10(19-2)4-6-11/h3-6H,7-8H2,1-2H3,(H,15,16). The van der Waals surface area contributed by atoms with E-state index in [0.29, 0.717) is 10.1 Å². The number of hydrogen-bond acceptors (Lipinski definition) is 5. The van der Waals surface area contributed by atoms with Crippen LogP contribution in [0.25, 0.3) is 0 Å². The van der Waals surface area contributed by atoms with Gasteiger partial charge < -0.3 is 9.84 Å². The van der Waals surface area contributed by atoms with Crippen molar-refractivity contribution in [1.29, 1.82) is 0 Å². The van der Waals surface area contributed by atoms with Crippen LogP contribution in [0, 0.1) is 0 Å². The highest BCUT2D eigenvalue weighted by molar-refractivity contribution is 7.89. The summed E-state index contributed by atoms with van der Waals surface area (Å²) >= 11 is 0. The van der Waals surface area contributed by atoms with Gasteiger partial charge in [0.05, 0.1) is 18.6 Å². The number of aliphatic carboxylic acids is 1. The molecule has 1 aromatic carbocycles. The second kappa shape index (κ2) is 6.49. The smallest absolute Gasteiger partial charge is 0.318 e. The Kier molecular flexibility index (Phi) is 5.23. The number of methoxy groups -OCH3 is 1. The fourth-order valence-electron chi connectivity index (χ4n) is 1.52. The van der Waals surface area contributed by atoms with Crippen LogP contribution in [0.1, 0.15) is 6.92 Å². The molecule has 0 aromatic heterocycles. The van der Waals surface area contributed by atoms with Crippen LogP contribution >= 0.6 is 0 Å². The molecule has 0 aliphatic carbocycles. The number of ketones is 1. The van der Waals surface area contributed by atoms with Gasteiger partial charge in [0.25, 0.3) is 0 Å². The van der Waals surface area contributed by atoms with E-state index >= 15 is 0 Å². The first kappa shape index (κ1) is 16.1. The average Bonchev–Trinajstić information content (AvgIpc) is 2.37. The van der Waals surface area contributed by atoms with Crippen molar-refractivity contribution in [2.45, 2.75) is 11.8 Å². The minimum atomic E-state index is -4.04. The van der Waals surface area contributed by atoms with Gasteiger partial charge in [-0.3, -0.25) is 9.59 Å². The molecule has 1 aromatic rings. The lowest BCUT2D eigenvalue weighted by Gasteiger charge is -2.19. The molecule has 1 rings (SSSR count). The van der Waals surface area contributed by atoms with E-state index in [4.69, 9.17) is 9.84 Å². The molecular weight excluding hydrogens is 286 g/mol. The van der Waals surface area contributed by atoms with Gasteiger partial charge in [-0.1, -0.05) is 0 Å². The first-order valence-electron chi connectivity index (χ1n) is 5.63. The lowest BCUT2D eigenvalue weighted by atomic mass is 10.3. The summed E-state index contributed by atoms with van der Waals surface area (Å²) in [5.41, 5.74) is 0. The summed E-state index contributed by atoms with van der Waals surface area (Å²) in [6.45, 7) is -0.0625. The number of carboxylic acid groups (broad SMARTS) is 1. The van der Waals surface area contributed by atoms with E-state index in [9.17, 15) is 18.0 Å². The molecule has 7 nitrogen and oxygen atoms in total. The molecule has 0 atom stereocenters. The second-order valence-corrected chi connectivity index (χ2v) is 5.98. The molecule has 110 valence electrons. The van der Waals surface area contributed by atoms with Crippen LogP contribution in [0.4, 0.5) is 0 Å². The molecule has 20 heavy (non-hydrogen) atoms. The predicted octanol–water partition coefficient (Wildman–Crippen LogP) is 0.359. The van der Waals surface area contributed by atoms with Crippen molar-refractivity contribution in [2.75, 3.05) is 20.2 Å². The van der Waals surface area contributed by atoms with Crippen molar-refractivity contribution < 1.29 is 27.9 Å². The number of carbonyl (C=O) groups excluding carboxylic acids is 1. The van der Waals surface area contributed by atoms with E-state index in [1.807, 2.05) is 0 Å². The van der Waals surface area contributed by atoms with Gasteiger partial charge in [0.2, 0.25) is 10.0 Å². The highest BCUT2D eigenvalue weighted by Gasteiger charge is 2.27. The minimum Gasteiger partial charge on any atom is -0.497 e. The van der Waals surface area contributed by atoms with Gasteiger partial charge in [-0.2, -0.15) is 4.31 Å². The fourth-order valence-corrected chi connectivity index (χ4v) is 2.93. The molecule has 0 saturated carbocycles. The van der Waals surface area contributed by atoms with Gasteiger partial charge in [-0.25, -0.2) is 8.42 Å². The summed E-state index contributed by atoms with van der Waals surface area (Å²) < 4.78 is 30.1. The summed E-state index contributed by atoms with van der Waals surface area (Å²) in [6.07, 6.45) is 0. The molecule has 0 saturated heterocycles. The van der Waals surface area contributed by atoms with Crippen LogP contribution in [0.5, 0.6) is 5.75 Å². The number of sulfonamides is 1. The number of Topliss-reactive ketones (excluding diaryl/α,β-unsaturated/α-hetero) is 1. The third-order valence-electron chi connectivity index (χ3n) is 2.41. The monoisotopic (exact) mass is 301 g/mol. The predicted molar refractivity (Wildman–Crippen MR) is 70.1 cm³/mol. The Morgan fingerprint density at radius 3 is 2.15 bits per heavy atom. The van der Waals surface area contributed by atoms with E-state index in [1.54, 1.807) is 0 Å². The van der Waals surface area contributed by atoms with E-state index in [-0.39, 0.29) is 4.90 Å². The molecule has 0 unspecified atom stereocenters. The first-order valence-corrected chi connectivity index (χ1v) is 7.07. The van der Waals surface area contributed by atoms with Gasteiger partial charge in [-0.05, 0) is 31.2 Å². The van der Waals surface area contributed by atoms with Crippen molar-refractivity contribution in [3.05, 3.63) is 24.3 Å². The zero-order chi connectivity index (χ0) is 15.3. The van der Waals surface area contributed by atoms with Crippen LogP contribution in [-0.2, 0) is 19.6 Å². The Morgan fingerprint density at radius 1 is 1.20 bits per heavy atom. The number of carboxylic acids is 1. The molecule has 0 aliphatic heterocycles. The average molecular weight is 301 g/mol. The Balaban J connectivity index is 3.13. The van der Waals surface area contributed by atoms with E-state index in [1.165, 1.54) is 38.3 Å². The van der Waals surface area contributed by atoms with Crippen molar-refractivity contribution >= 4 is 21.8 Å². The second-order valence-electron chi connectivity index (χ2n) is 4.04. The van der Waals surface area contributed by atoms with Gasteiger partial charge >= 0.3 is 5.97 Å². The van der Waals surface area contributed by atoms with Crippen molar-refractivity contribution in [3.8, 4) is 5.75 Å². The maximum atomic E-state index is 12.3. The highest BCUT2D eigenvalue weighted by atomic mass is 32.2. The SMILES string of the molecule is COc1ccc(S(=O)(=O)N(CC(C)=O)CC(=O)O)cc1. The van der Waals surface area contributed by atoms with E-state index < -0.39 is 34.9 Å². The quantitative estimate of drug-likeness (QED) is 0.780. The number of hydrogen-bond donors (Lipinski definition) is 1. The van der Waals surface area contributed by atoms with Crippen LogP contribution in [0.3, 0.4) is 0 Å².